The van der Waals surface area contributed by atoms with Crippen LogP contribution in [0.4, 0.5) is 5.82 Å². The standard InChI is InChI=1S/C18H25ClN4O3/c1-21(2)16(25)13-23-10-11-26-18(12-15(23)24)5-8-22(9-6-18)17-14(19)4-3-7-20-17/h3-4,7H,5-6,8-13H2,1-2H3. The number of piperidine rings is 1. The Kier molecular flexibility index (Phi) is 5.67. The molecule has 1 spiro atoms. The number of pyridine rings is 1. The quantitative estimate of drug-likeness (QED) is 0.793. The molecule has 26 heavy (non-hydrogen) atoms. The van der Waals surface area contributed by atoms with Crippen LogP contribution in [-0.2, 0) is 14.3 Å². The first kappa shape index (κ1) is 18.9. The Hall–Kier alpha value is -1.86. The van der Waals surface area contributed by atoms with Crippen molar-refractivity contribution in [3.63, 3.8) is 0 Å². The zero-order valence-electron chi connectivity index (χ0n) is 15.3. The van der Waals surface area contributed by atoms with Crippen molar-refractivity contribution in [2.24, 2.45) is 0 Å². The average molecular weight is 381 g/mol. The summed E-state index contributed by atoms with van der Waals surface area (Å²) in [5, 5.41) is 0.634. The average Bonchev–Trinajstić information content (AvgIpc) is 2.75. The molecule has 0 aromatic carbocycles. The molecule has 0 unspecified atom stereocenters. The van der Waals surface area contributed by atoms with Crippen LogP contribution in [0.25, 0.3) is 0 Å². The summed E-state index contributed by atoms with van der Waals surface area (Å²) in [6.45, 7) is 2.50. The number of amides is 2. The van der Waals surface area contributed by atoms with Crippen molar-refractivity contribution in [1.29, 1.82) is 0 Å². The number of halogens is 1. The van der Waals surface area contributed by atoms with E-state index in [0.717, 1.165) is 31.7 Å². The molecule has 8 heteroatoms. The maximum Gasteiger partial charge on any atom is 0.241 e. The molecular formula is C18H25ClN4O3. The van der Waals surface area contributed by atoms with Crippen LogP contribution in [0, 0.1) is 0 Å². The van der Waals surface area contributed by atoms with E-state index >= 15 is 0 Å². The number of ether oxygens (including phenoxy) is 1. The van der Waals surface area contributed by atoms with Gasteiger partial charge in [-0.25, -0.2) is 4.98 Å². The number of rotatable bonds is 3. The molecule has 0 aliphatic carbocycles. The second kappa shape index (κ2) is 7.80. The molecule has 2 aliphatic rings. The van der Waals surface area contributed by atoms with E-state index in [0.29, 0.717) is 24.6 Å². The molecule has 0 N–H and O–H groups in total. The highest BCUT2D eigenvalue weighted by molar-refractivity contribution is 6.32. The van der Waals surface area contributed by atoms with Crippen LogP contribution in [0.2, 0.25) is 5.02 Å². The SMILES string of the molecule is CN(C)C(=O)CN1CCOC2(CCN(c3ncccc3Cl)CC2)CC1=O. The number of nitrogens with zero attached hydrogens (tertiary/aromatic N) is 4. The smallest absolute Gasteiger partial charge is 0.241 e. The van der Waals surface area contributed by atoms with Crippen LogP contribution in [-0.4, -0.2) is 79.1 Å². The van der Waals surface area contributed by atoms with E-state index in [4.69, 9.17) is 16.3 Å². The Balaban J connectivity index is 1.63. The minimum absolute atomic E-state index is 0.0120. The van der Waals surface area contributed by atoms with Gasteiger partial charge in [-0.2, -0.15) is 0 Å². The fourth-order valence-electron chi connectivity index (χ4n) is 3.46. The van der Waals surface area contributed by atoms with Gasteiger partial charge in [0.25, 0.3) is 0 Å². The maximum atomic E-state index is 12.7. The van der Waals surface area contributed by atoms with Gasteiger partial charge in [0.1, 0.15) is 5.82 Å². The van der Waals surface area contributed by atoms with Crippen LogP contribution in [0.5, 0.6) is 0 Å². The van der Waals surface area contributed by atoms with E-state index in [1.54, 1.807) is 25.2 Å². The Morgan fingerprint density at radius 1 is 1.35 bits per heavy atom. The number of hydrogen-bond acceptors (Lipinski definition) is 5. The first-order chi connectivity index (χ1) is 12.4. The third kappa shape index (κ3) is 4.10. The van der Waals surface area contributed by atoms with Gasteiger partial charge in [0.2, 0.25) is 11.8 Å². The van der Waals surface area contributed by atoms with Crippen LogP contribution in [0.15, 0.2) is 18.3 Å². The van der Waals surface area contributed by atoms with Crippen molar-refractivity contribution in [3.05, 3.63) is 23.4 Å². The fourth-order valence-corrected chi connectivity index (χ4v) is 3.71. The lowest BCUT2D eigenvalue weighted by molar-refractivity contribution is -0.140. The van der Waals surface area contributed by atoms with Gasteiger partial charge in [-0.15, -0.1) is 0 Å². The lowest BCUT2D eigenvalue weighted by Gasteiger charge is -2.41. The number of likely N-dealkylation sites (N-methyl/N-ethyl adjacent to an activating group) is 1. The lowest BCUT2D eigenvalue weighted by atomic mass is 9.87. The fraction of sp³-hybridized carbons (Fsp3) is 0.611. The maximum absolute atomic E-state index is 12.7. The third-order valence-electron chi connectivity index (χ3n) is 5.13. The van der Waals surface area contributed by atoms with Gasteiger partial charge in [0.15, 0.2) is 0 Å². The van der Waals surface area contributed by atoms with Gasteiger partial charge >= 0.3 is 0 Å². The minimum Gasteiger partial charge on any atom is -0.372 e. The summed E-state index contributed by atoms with van der Waals surface area (Å²) >= 11 is 6.25. The van der Waals surface area contributed by atoms with Crippen LogP contribution in [0.3, 0.4) is 0 Å². The van der Waals surface area contributed by atoms with Crippen molar-refractivity contribution in [3.8, 4) is 0 Å². The number of anilines is 1. The molecule has 2 saturated heterocycles. The van der Waals surface area contributed by atoms with Gasteiger partial charge in [0, 0.05) is 39.9 Å². The number of carbonyl (C=O) groups is 2. The molecule has 3 heterocycles. The second-order valence-electron chi connectivity index (χ2n) is 7.11. The van der Waals surface area contributed by atoms with Gasteiger partial charge in [-0.3, -0.25) is 9.59 Å². The molecule has 7 nitrogen and oxygen atoms in total. The highest BCUT2D eigenvalue weighted by atomic mass is 35.5. The van der Waals surface area contributed by atoms with E-state index in [1.807, 2.05) is 12.1 Å². The number of hydrogen-bond donors (Lipinski definition) is 0. The first-order valence-corrected chi connectivity index (χ1v) is 9.25. The van der Waals surface area contributed by atoms with E-state index in [-0.39, 0.29) is 18.4 Å². The van der Waals surface area contributed by atoms with Crippen molar-refractivity contribution in [2.45, 2.75) is 24.9 Å². The normalized spacial score (nSPS) is 20.2. The summed E-state index contributed by atoms with van der Waals surface area (Å²) in [6, 6.07) is 3.65. The topological polar surface area (TPSA) is 66.0 Å². The van der Waals surface area contributed by atoms with Crippen LogP contribution < -0.4 is 4.90 Å². The predicted molar refractivity (Wildman–Crippen MR) is 99.3 cm³/mol. The Morgan fingerprint density at radius 2 is 2.08 bits per heavy atom. The largest absolute Gasteiger partial charge is 0.372 e. The van der Waals surface area contributed by atoms with Gasteiger partial charge in [0.05, 0.1) is 30.2 Å². The summed E-state index contributed by atoms with van der Waals surface area (Å²) in [7, 11) is 3.39. The molecule has 2 fully saturated rings. The second-order valence-corrected chi connectivity index (χ2v) is 7.51. The summed E-state index contributed by atoms with van der Waals surface area (Å²) < 4.78 is 6.12. The molecule has 2 amide bonds. The molecule has 3 rings (SSSR count). The van der Waals surface area contributed by atoms with Crippen LogP contribution in [0.1, 0.15) is 19.3 Å². The molecule has 0 saturated carbocycles. The van der Waals surface area contributed by atoms with E-state index in [1.165, 1.54) is 4.90 Å². The number of carbonyl (C=O) groups excluding carboxylic acids is 2. The molecule has 0 radical (unpaired) electrons. The van der Waals surface area contributed by atoms with Gasteiger partial charge < -0.3 is 19.4 Å². The third-order valence-corrected chi connectivity index (χ3v) is 5.43. The molecular weight excluding hydrogens is 356 g/mol. The van der Waals surface area contributed by atoms with E-state index in [9.17, 15) is 9.59 Å². The van der Waals surface area contributed by atoms with E-state index in [2.05, 4.69) is 9.88 Å². The molecule has 0 bridgehead atoms. The molecule has 1 aromatic rings. The van der Waals surface area contributed by atoms with Crippen molar-refractivity contribution in [2.75, 3.05) is 51.8 Å². The Labute approximate surface area is 158 Å². The summed E-state index contributed by atoms with van der Waals surface area (Å²) in [5.74, 6) is 0.693. The Morgan fingerprint density at radius 3 is 2.73 bits per heavy atom. The summed E-state index contributed by atoms with van der Waals surface area (Å²) in [5.41, 5.74) is -0.454. The van der Waals surface area contributed by atoms with Gasteiger partial charge in [-0.05, 0) is 25.0 Å². The molecule has 1 aromatic heterocycles. The molecule has 2 aliphatic heterocycles. The summed E-state index contributed by atoms with van der Waals surface area (Å²) in [4.78, 5) is 34.2. The van der Waals surface area contributed by atoms with Crippen molar-refractivity contribution < 1.29 is 14.3 Å². The van der Waals surface area contributed by atoms with E-state index < -0.39 is 5.60 Å². The van der Waals surface area contributed by atoms with Gasteiger partial charge in [-0.1, -0.05) is 11.6 Å². The minimum atomic E-state index is -0.454. The molecule has 142 valence electrons. The van der Waals surface area contributed by atoms with Crippen molar-refractivity contribution >= 4 is 29.2 Å². The first-order valence-electron chi connectivity index (χ1n) is 8.88. The zero-order chi connectivity index (χ0) is 18.7. The Bertz CT molecular complexity index is 674. The highest BCUT2D eigenvalue weighted by Crippen LogP contribution is 2.35. The number of aromatic nitrogens is 1. The van der Waals surface area contributed by atoms with Crippen molar-refractivity contribution in [1.82, 2.24) is 14.8 Å². The monoisotopic (exact) mass is 380 g/mol. The summed E-state index contributed by atoms with van der Waals surface area (Å²) in [6.07, 6.45) is 3.52. The molecule has 0 atom stereocenters. The predicted octanol–water partition coefficient (Wildman–Crippen LogP) is 1.41. The lowest BCUT2D eigenvalue weighted by Crippen LogP contribution is -2.48. The zero-order valence-corrected chi connectivity index (χ0v) is 16.0. The highest BCUT2D eigenvalue weighted by Gasteiger charge is 2.41. The van der Waals surface area contributed by atoms with Crippen LogP contribution >= 0.6 is 11.6 Å².